The largest absolute Gasteiger partial charge is 0.494 e. The van der Waals surface area contributed by atoms with Crippen LogP contribution in [0.5, 0.6) is 5.75 Å². The van der Waals surface area contributed by atoms with Crippen molar-refractivity contribution in [3.63, 3.8) is 0 Å². The average Bonchev–Trinajstić information content (AvgIpc) is 3.09. The number of ether oxygens (including phenoxy) is 1. The standard InChI is InChI=1S/C13H17FN2O2/c1-18-11-3-2-9(8-10(11)14)4-7-16-12(17)13(15)5-6-13/h2-3,8H,4-7,15H2,1H3,(H,16,17). The summed E-state index contributed by atoms with van der Waals surface area (Å²) in [5.41, 5.74) is 5.91. The van der Waals surface area contributed by atoms with Gasteiger partial charge in [0.1, 0.15) is 0 Å². The zero-order chi connectivity index (χ0) is 13.2. The summed E-state index contributed by atoms with van der Waals surface area (Å²) in [4.78, 5) is 11.6. The van der Waals surface area contributed by atoms with Gasteiger partial charge >= 0.3 is 0 Å². The lowest BCUT2D eigenvalue weighted by Crippen LogP contribution is -2.43. The van der Waals surface area contributed by atoms with Crippen LogP contribution < -0.4 is 15.8 Å². The molecule has 1 fully saturated rings. The molecule has 0 radical (unpaired) electrons. The van der Waals surface area contributed by atoms with Crippen molar-refractivity contribution >= 4 is 5.91 Å². The SMILES string of the molecule is COc1ccc(CCNC(=O)C2(N)CC2)cc1F. The molecule has 0 atom stereocenters. The molecule has 1 aliphatic rings. The highest BCUT2D eigenvalue weighted by molar-refractivity contribution is 5.88. The van der Waals surface area contributed by atoms with Gasteiger partial charge < -0.3 is 15.8 Å². The Morgan fingerprint density at radius 1 is 1.56 bits per heavy atom. The fraction of sp³-hybridized carbons (Fsp3) is 0.462. The van der Waals surface area contributed by atoms with E-state index in [1.807, 2.05) is 0 Å². The van der Waals surface area contributed by atoms with Crippen molar-refractivity contribution in [3.05, 3.63) is 29.6 Å². The molecule has 0 bridgehead atoms. The summed E-state index contributed by atoms with van der Waals surface area (Å²) in [6.45, 7) is 0.462. The number of amides is 1. The molecule has 0 unspecified atom stereocenters. The summed E-state index contributed by atoms with van der Waals surface area (Å²) in [7, 11) is 1.43. The van der Waals surface area contributed by atoms with Crippen LogP contribution in [0.4, 0.5) is 4.39 Å². The summed E-state index contributed by atoms with van der Waals surface area (Å²) in [5.74, 6) is -0.281. The molecule has 5 heteroatoms. The fourth-order valence-electron chi connectivity index (χ4n) is 1.72. The van der Waals surface area contributed by atoms with Gasteiger partial charge in [-0.1, -0.05) is 6.07 Å². The average molecular weight is 252 g/mol. The Balaban J connectivity index is 1.83. The third kappa shape index (κ3) is 2.79. The van der Waals surface area contributed by atoms with E-state index >= 15 is 0 Å². The number of carbonyl (C=O) groups is 1. The van der Waals surface area contributed by atoms with Gasteiger partial charge in [-0.2, -0.15) is 0 Å². The highest BCUT2D eigenvalue weighted by atomic mass is 19.1. The molecule has 0 spiro atoms. The maximum Gasteiger partial charge on any atom is 0.240 e. The maximum atomic E-state index is 13.4. The molecule has 0 aromatic heterocycles. The predicted octanol–water partition coefficient (Wildman–Crippen LogP) is 0.984. The van der Waals surface area contributed by atoms with E-state index in [1.165, 1.54) is 13.2 Å². The van der Waals surface area contributed by atoms with Crippen LogP contribution in [-0.4, -0.2) is 25.1 Å². The molecule has 1 amide bonds. The van der Waals surface area contributed by atoms with Crippen molar-refractivity contribution < 1.29 is 13.9 Å². The Hall–Kier alpha value is -1.62. The maximum absolute atomic E-state index is 13.4. The van der Waals surface area contributed by atoms with Crippen molar-refractivity contribution in [3.8, 4) is 5.75 Å². The van der Waals surface area contributed by atoms with Crippen LogP contribution in [0.3, 0.4) is 0 Å². The molecule has 3 N–H and O–H groups in total. The van der Waals surface area contributed by atoms with Crippen LogP contribution in [0.1, 0.15) is 18.4 Å². The number of methoxy groups -OCH3 is 1. The van der Waals surface area contributed by atoms with Gasteiger partial charge in [-0.15, -0.1) is 0 Å². The van der Waals surface area contributed by atoms with Crippen molar-refractivity contribution in [1.82, 2.24) is 5.32 Å². The Morgan fingerprint density at radius 3 is 2.83 bits per heavy atom. The molecule has 2 rings (SSSR count). The lowest BCUT2D eigenvalue weighted by Gasteiger charge is -2.10. The second kappa shape index (κ2) is 4.94. The van der Waals surface area contributed by atoms with E-state index in [9.17, 15) is 9.18 Å². The number of benzene rings is 1. The van der Waals surface area contributed by atoms with Crippen LogP contribution in [0.15, 0.2) is 18.2 Å². The third-order valence-electron chi connectivity index (χ3n) is 3.16. The van der Waals surface area contributed by atoms with Gasteiger partial charge in [-0.25, -0.2) is 4.39 Å². The van der Waals surface area contributed by atoms with Gasteiger partial charge in [0.2, 0.25) is 5.91 Å². The highest BCUT2D eigenvalue weighted by Crippen LogP contribution is 2.32. The summed E-state index contributed by atoms with van der Waals surface area (Å²) in [6, 6.07) is 4.78. The zero-order valence-electron chi connectivity index (χ0n) is 10.3. The van der Waals surface area contributed by atoms with Crippen LogP contribution >= 0.6 is 0 Å². The first-order valence-corrected chi connectivity index (χ1v) is 5.95. The molecule has 1 saturated carbocycles. The Morgan fingerprint density at radius 2 is 2.28 bits per heavy atom. The van der Waals surface area contributed by atoms with E-state index in [-0.39, 0.29) is 17.5 Å². The van der Waals surface area contributed by atoms with Gasteiger partial charge in [-0.05, 0) is 37.0 Å². The van der Waals surface area contributed by atoms with E-state index in [1.54, 1.807) is 12.1 Å². The normalized spacial score (nSPS) is 16.2. The number of carbonyl (C=O) groups excluding carboxylic acids is 1. The summed E-state index contributed by atoms with van der Waals surface area (Å²) >= 11 is 0. The molecule has 1 aromatic carbocycles. The fourth-order valence-corrected chi connectivity index (χ4v) is 1.72. The number of nitrogens with two attached hydrogens (primary N) is 1. The number of nitrogens with one attached hydrogen (secondary N) is 1. The van der Waals surface area contributed by atoms with Gasteiger partial charge in [0, 0.05) is 6.54 Å². The summed E-state index contributed by atoms with van der Waals surface area (Å²) < 4.78 is 18.2. The second-order valence-electron chi connectivity index (χ2n) is 4.63. The van der Waals surface area contributed by atoms with Crippen molar-refractivity contribution in [2.75, 3.05) is 13.7 Å². The smallest absolute Gasteiger partial charge is 0.240 e. The number of hydrogen-bond acceptors (Lipinski definition) is 3. The Labute approximate surface area is 105 Å². The van der Waals surface area contributed by atoms with Crippen molar-refractivity contribution in [2.45, 2.75) is 24.8 Å². The topological polar surface area (TPSA) is 64.3 Å². The van der Waals surface area contributed by atoms with Crippen molar-refractivity contribution in [2.24, 2.45) is 5.73 Å². The lowest BCUT2D eigenvalue weighted by atomic mass is 10.1. The first kappa shape index (κ1) is 12.8. The molecule has 0 aliphatic heterocycles. The van der Waals surface area contributed by atoms with Crippen LogP contribution in [0.2, 0.25) is 0 Å². The van der Waals surface area contributed by atoms with E-state index < -0.39 is 5.54 Å². The van der Waals surface area contributed by atoms with Gasteiger partial charge in [-0.3, -0.25) is 4.79 Å². The highest BCUT2D eigenvalue weighted by Gasteiger charge is 2.45. The molecule has 1 aliphatic carbocycles. The minimum atomic E-state index is -0.648. The van der Waals surface area contributed by atoms with Crippen LogP contribution in [0, 0.1) is 5.82 Å². The third-order valence-corrected chi connectivity index (χ3v) is 3.16. The Kier molecular flexibility index (Phi) is 3.52. The number of hydrogen-bond donors (Lipinski definition) is 2. The molecule has 0 saturated heterocycles. The molecule has 18 heavy (non-hydrogen) atoms. The number of halogens is 1. The monoisotopic (exact) mass is 252 g/mol. The predicted molar refractivity (Wildman–Crippen MR) is 65.8 cm³/mol. The molecule has 4 nitrogen and oxygen atoms in total. The first-order valence-electron chi connectivity index (χ1n) is 5.95. The van der Waals surface area contributed by atoms with E-state index in [4.69, 9.17) is 10.5 Å². The second-order valence-corrected chi connectivity index (χ2v) is 4.63. The Bertz CT molecular complexity index is 458. The molecule has 98 valence electrons. The van der Waals surface area contributed by atoms with Gasteiger partial charge in [0.15, 0.2) is 11.6 Å². The van der Waals surface area contributed by atoms with Gasteiger partial charge in [0.05, 0.1) is 12.6 Å². The molecular formula is C13H17FN2O2. The summed E-state index contributed by atoms with van der Waals surface area (Å²) in [6.07, 6.45) is 2.06. The van der Waals surface area contributed by atoms with Crippen molar-refractivity contribution in [1.29, 1.82) is 0 Å². The minimum Gasteiger partial charge on any atom is -0.494 e. The molecular weight excluding hydrogens is 235 g/mol. The quantitative estimate of drug-likeness (QED) is 0.821. The van der Waals surface area contributed by atoms with E-state index in [2.05, 4.69) is 5.32 Å². The molecule has 0 heterocycles. The number of rotatable bonds is 5. The molecule has 1 aromatic rings. The van der Waals surface area contributed by atoms with Crippen LogP contribution in [0.25, 0.3) is 0 Å². The lowest BCUT2D eigenvalue weighted by molar-refractivity contribution is -0.123. The zero-order valence-corrected chi connectivity index (χ0v) is 10.3. The van der Waals surface area contributed by atoms with Gasteiger partial charge in [0.25, 0.3) is 0 Å². The minimum absolute atomic E-state index is 0.114. The summed E-state index contributed by atoms with van der Waals surface area (Å²) in [5, 5.41) is 2.76. The first-order chi connectivity index (χ1) is 8.55. The van der Waals surface area contributed by atoms with E-state index in [0.717, 1.165) is 18.4 Å². The van der Waals surface area contributed by atoms with E-state index in [0.29, 0.717) is 13.0 Å². The van der Waals surface area contributed by atoms with Crippen LogP contribution in [-0.2, 0) is 11.2 Å².